The second-order valence-electron chi connectivity index (χ2n) is 7.89. The van der Waals surface area contributed by atoms with Crippen molar-refractivity contribution in [1.82, 2.24) is 9.47 Å². The number of carboxylic acid groups (broad SMARTS) is 1. The van der Waals surface area contributed by atoms with E-state index in [0.29, 0.717) is 30.8 Å². The third-order valence-electron chi connectivity index (χ3n) is 5.66. The number of carboxylic acids is 1. The largest absolute Gasteiger partial charge is 0.477 e. The van der Waals surface area contributed by atoms with Gasteiger partial charge in [0, 0.05) is 50.2 Å². The fourth-order valence-electron chi connectivity index (χ4n) is 4.14. The van der Waals surface area contributed by atoms with Crippen molar-refractivity contribution in [2.24, 2.45) is 5.16 Å². The third kappa shape index (κ3) is 3.89. The molecule has 1 saturated carbocycles. The van der Waals surface area contributed by atoms with E-state index < -0.39 is 17.2 Å². The van der Waals surface area contributed by atoms with Crippen molar-refractivity contribution in [2.75, 3.05) is 44.7 Å². The Morgan fingerprint density at radius 1 is 1.23 bits per heavy atom. The van der Waals surface area contributed by atoms with Crippen molar-refractivity contribution in [1.29, 1.82) is 0 Å². The summed E-state index contributed by atoms with van der Waals surface area (Å²) < 4.78 is 16.6. The van der Waals surface area contributed by atoms with Gasteiger partial charge in [0.05, 0.1) is 16.9 Å². The predicted octanol–water partition coefficient (Wildman–Crippen LogP) is 2.32. The maximum atomic E-state index is 14.9. The van der Waals surface area contributed by atoms with Crippen molar-refractivity contribution in [3.8, 4) is 0 Å². The van der Waals surface area contributed by atoms with E-state index >= 15 is 0 Å². The van der Waals surface area contributed by atoms with Crippen LogP contribution < -0.4 is 10.3 Å². The van der Waals surface area contributed by atoms with E-state index in [2.05, 4.69) is 10.1 Å². The number of halogens is 1. The number of aromatic carboxylic acids is 1. The van der Waals surface area contributed by atoms with Crippen molar-refractivity contribution in [2.45, 2.75) is 25.8 Å². The highest BCUT2D eigenvalue weighted by atomic mass is 19.1. The Morgan fingerprint density at radius 3 is 2.53 bits per heavy atom. The van der Waals surface area contributed by atoms with Gasteiger partial charge in [0.25, 0.3) is 0 Å². The van der Waals surface area contributed by atoms with Gasteiger partial charge in [-0.15, -0.1) is 0 Å². The molecule has 4 rings (SSSR count). The van der Waals surface area contributed by atoms with E-state index in [1.807, 2.05) is 11.8 Å². The third-order valence-corrected chi connectivity index (χ3v) is 5.66. The van der Waals surface area contributed by atoms with Crippen LogP contribution in [0.4, 0.5) is 10.1 Å². The minimum atomic E-state index is -1.14. The van der Waals surface area contributed by atoms with Gasteiger partial charge in [-0.3, -0.25) is 9.69 Å². The zero-order chi connectivity index (χ0) is 21.4. The molecule has 1 aromatic carbocycles. The molecule has 1 aromatic heterocycles. The molecule has 2 aromatic rings. The molecule has 160 valence electrons. The van der Waals surface area contributed by atoms with Crippen LogP contribution in [-0.2, 0) is 4.84 Å². The molecule has 1 aliphatic heterocycles. The minimum absolute atomic E-state index is 0.0368. The first-order valence-corrected chi connectivity index (χ1v) is 10.0. The van der Waals surface area contributed by atoms with Crippen LogP contribution in [0.3, 0.4) is 0 Å². The number of fused-ring (bicyclic) bond motifs is 1. The van der Waals surface area contributed by atoms with Crippen molar-refractivity contribution in [3.05, 3.63) is 39.9 Å². The maximum absolute atomic E-state index is 14.9. The number of nitrogens with zero attached hydrogens (tertiary/aromatic N) is 4. The Kier molecular flexibility index (Phi) is 5.46. The van der Waals surface area contributed by atoms with Crippen LogP contribution in [0.15, 0.2) is 28.1 Å². The summed E-state index contributed by atoms with van der Waals surface area (Å²) in [5.74, 6) is -1.61. The second kappa shape index (κ2) is 8.06. The van der Waals surface area contributed by atoms with E-state index in [0.717, 1.165) is 37.7 Å². The number of carbonyl (C=O) groups is 1. The lowest BCUT2D eigenvalue weighted by Crippen LogP contribution is -2.48. The Labute approximate surface area is 173 Å². The monoisotopic (exact) mass is 416 g/mol. The van der Waals surface area contributed by atoms with Gasteiger partial charge in [-0.25, -0.2) is 9.18 Å². The Morgan fingerprint density at radius 2 is 1.93 bits per heavy atom. The fraction of sp³-hybridized carbons (Fsp3) is 0.476. The van der Waals surface area contributed by atoms with Gasteiger partial charge in [-0.2, -0.15) is 0 Å². The Balaban J connectivity index is 1.67. The highest BCUT2D eigenvalue weighted by Crippen LogP contribution is 2.39. The smallest absolute Gasteiger partial charge is 0.352 e. The van der Waals surface area contributed by atoms with E-state index in [1.165, 1.54) is 13.2 Å². The van der Waals surface area contributed by atoms with E-state index in [1.54, 1.807) is 10.6 Å². The minimum Gasteiger partial charge on any atom is -0.477 e. The molecule has 2 aliphatic rings. The van der Waals surface area contributed by atoms with Crippen molar-refractivity contribution in [3.63, 3.8) is 0 Å². The molecule has 0 spiro atoms. The van der Waals surface area contributed by atoms with Crippen LogP contribution in [0.5, 0.6) is 0 Å². The number of oxime groups is 1. The quantitative estimate of drug-likeness (QED) is 0.575. The number of benzene rings is 1. The summed E-state index contributed by atoms with van der Waals surface area (Å²) in [6.45, 7) is 5.29. The lowest BCUT2D eigenvalue weighted by atomic mass is 10.1. The second-order valence-corrected chi connectivity index (χ2v) is 7.89. The number of aromatic nitrogens is 1. The van der Waals surface area contributed by atoms with Gasteiger partial charge in [-0.05, 0) is 31.9 Å². The van der Waals surface area contributed by atoms with E-state index in [4.69, 9.17) is 4.84 Å². The van der Waals surface area contributed by atoms with Gasteiger partial charge in [0.1, 0.15) is 18.6 Å². The molecule has 2 fully saturated rings. The van der Waals surface area contributed by atoms with Gasteiger partial charge in [0.15, 0.2) is 5.43 Å². The number of hydrogen-bond donors (Lipinski definition) is 1. The molecule has 1 saturated heterocycles. The first kappa shape index (κ1) is 20.3. The molecule has 30 heavy (non-hydrogen) atoms. The van der Waals surface area contributed by atoms with Crippen LogP contribution in [-0.4, -0.2) is 66.1 Å². The molecule has 2 heterocycles. The molecule has 0 amide bonds. The van der Waals surface area contributed by atoms with Crippen LogP contribution in [0.1, 0.15) is 36.3 Å². The first-order chi connectivity index (χ1) is 14.4. The summed E-state index contributed by atoms with van der Waals surface area (Å²) in [6.07, 6.45) is 1.71. The number of hydrogen-bond acceptors (Lipinski definition) is 6. The SMILES string of the molecule is CON=C(C)CN1CCN(c2cc3c(cc2F)c(=O)cc(C(=O)O)n3C2CC2)CC1. The lowest BCUT2D eigenvalue weighted by Gasteiger charge is -2.36. The molecule has 0 atom stereocenters. The van der Waals surface area contributed by atoms with E-state index in [9.17, 15) is 19.1 Å². The topological polar surface area (TPSA) is 87.4 Å². The summed E-state index contributed by atoms with van der Waals surface area (Å²) >= 11 is 0. The van der Waals surface area contributed by atoms with Crippen LogP contribution in [0.25, 0.3) is 10.9 Å². The zero-order valence-corrected chi connectivity index (χ0v) is 17.1. The standard InChI is InChI=1S/C21H25FN4O4/c1-13(23-30-2)12-24-5-7-25(8-6-24)18-10-17-15(9-16(18)22)20(27)11-19(21(28)29)26(17)14-3-4-14/h9-11,14H,3-8,12H2,1-2H3,(H,28,29). The zero-order valence-electron chi connectivity index (χ0n) is 17.1. The first-order valence-electron chi connectivity index (χ1n) is 10.0. The molecule has 1 aliphatic carbocycles. The molecule has 0 unspecified atom stereocenters. The van der Waals surface area contributed by atoms with Crippen molar-refractivity contribution >= 4 is 28.3 Å². The molecular weight excluding hydrogens is 391 g/mol. The summed E-state index contributed by atoms with van der Waals surface area (Å²) in [4.78, 5) is 33.1. The summed E-state index contributed by atoms with van der Waals surface area (Å²) in [5, 5.41) is 13.7. The highest BCUT2D eigenvalue weighted by molar-refractivity contribution is 5.92. The van der Waals surface area contributed by atoms with Gasteiger partial charge in [-0.1, -0.05) is 5.16 Å². The van der Waals surface area contributed by atoms with Crippen LogP contribution >= 0.6 is 0 Å². The van der Waals surface area contributed by atoms with Gasteiger partial charge < -0.3 is 19.4 Å². The molecule has 9 heteroatoms. The fourth-order valence-corrected chi connectivity index (χ4v) is 4.14. The van der Waals surface area contributed by atoms with Crippen LogP contribution in [0.2, 0.25) is 0 Å². The normalized spacial score (nSPS) is 18.1. The average Bonchev–Trinajstić information content (AvgIpc) is 3.53. The predicted molar refractivity (Wildman–Crippen MR) is 112 cm³/mol. The molecule has 8 nitrogen and oxygen atoms in total. The Hall–Kier alpha value is -2.94. The highest BCUT2D eigenvalue weighted by Gasteiger charge is 2.30. The molecular formula is C21H25FN4O4. The molecule has 0 radical (unpaired) electrons. The van der Waals surface area contributed by atoms with Gasteiger partial charge in [0.2, 0.25) is 0 Å². The lowest BCUT2D eigenvalue weighted by molar-refractivity contribution is 0.0684. The van der Waals surface area contributed by atoms with Crippen LogP contribution in [0, 0.1) is 5.82 Å². The maximum Gasteiger partial charge on any atom is 0.352 e. The number of anilines is 1. The van der Waals surface area contributed by atoms with Gasteiger partial charge >= 0.3 is 5.97 Å². The van der Waals surface area contributed by atoms with Crippen molar-refractivity contribution < 1.29 is 19.1 Å². The Bertz CT molecular complexity index is 1070. The number of pyridine rings is 1. The molecule has 1 N–H and O–H groups in total. The number of rotatable bonds is 6. The summed E-state index contributed by atoms with van der Waals surface area (Å²) in [6, 6.07) is 4.03. The number of piperazine rings is 1. The summed E-state index contributed by atoms with van der Waals surface area (Å²) in [5.41, 5.74) is 1.26. The summed E-state index contributed by atoms with van der Waals surface area (Å²) in [7, 11) is 1.51. The van der Waals surface area contributed by atoms with E-state index in [-0.39, 0.29) is 17.1 Å². The molecule has 0 bridgehead atoms. The average molecular weight is 416 g/mol.